The van der Waals surface area contributed by atoms with Crippen LogP contribution in [0.3, 0.4) is 0 Å². The van der Waals surface area contributed by atoms with E-state index in [-0.39, 0.29) is 0 Å². The first-order chi connectivity index (χ1) is 10.9. The van der Waals surface area contributed by atoms with Crippen LogP contribution in [0.1, 0.15) is 43.8 Å². The quantitative estimate of drug-likeness (QED) is 0.660. The summed E-state index contributed by atoms with van der Waals surface area (Å²) in [6, 6.07) is 0. The van der Waals surface area contributed by atoms with E-state index in [9.17, 15) is 5.11 Å². The number of aryl methyl sites for hydroxylation is 2. The summed E-state index contributed by atoms with van der Waals surface area (Å²) in [5, 5.41) is 14.1. The van der Waals surface area contributed by atoms with Gasteiger partial charge in [0.2, 0.25) is 0 Å². The third-order valence-electron chi connectivity index (χ3n) is 4.04. The summed E-state index contributed by atoms with van der Waals surface area (Å²) in [5.74, 6) is 1.04. The Kier molecular flexibility index (Phi) is 3.97. The minimum absolute atomic E-state index is 0.393. The molecular formula is C16H23N5O2. The maximum atomic E-state index is 10.3. The van der Waals surface area contributed by atoms with Crippen LogP contribution in [-0.2, 0) is 24.2 Å². The zero-order valence-electron chi connectivity index (χ0n) is 13.8. The lowest BCUT2D eigenvalue weighted by atomic mass is 9.94. The molecule has 23 heavy (non-hydrogen) atoms. The number of aliphatic hydroxyl groups is 1. The molecule has 2 aromatic rings. The van der Waals surface area contributed by atoms with Crippen molar-refractivity contribution in [3.63, 3.8) is 0 Å². The van der Waals surface area contributed by atoms with Crippen LogP contribution in [-0.4, -0.2) is 38.6 Å². The van der Waals surface area contributed by atoms with Crippen LogP contribution in [0.15, 0.2) is 5.16 Å². The van der Waals surface area contributed by atoms with Crippen LogP contribution in [0, 0.1) is 0 Å². The topological polar surface area (TPSA) is 98.5 Å². The zero-order valence-corrected chi connectivity index (χ0v) is 13.8. The molecule has 7 nitrogen and oxygen atoms in total. The molecule has 1 aliphatic carbocycles. The molecule has 2 aromatic heterocycles. The van der Waals surface area contributed by atoms with Crippen LogP contribution in [0.5, 0.6) is 0 Å². The summed E-state index contributed by atoms with van der Waals surface area (Å²) < 4.78 is 1.97. The number of pyridine rings is 1. The molecule has 0 aromatic carbocycles. The Morgan fingerprint density at radius 2 is 2.09 bits per heavy atom. The van der Waals surface area contributed by atoms with Gasteiger partial charge >= 0.3 is 0 Å². The van der Waals surface area contributed by atoms with Gasteiger partial charge in [0.1, 0.15) is 18.8 Å². The van der Waals surface area contributed by atoms with Gasteiger partial charge in [0.15, 0.2) is 11.6 Å². The molecule has 1 aliphatic rings. The summed E-state index contributed by atoms with van der Waals surface area (Å²) in [4.78, 5) is 13.9. The molecule has 0 aliphatic heterocycles. The lowest BCUT2D eigenvalue weighted by Gasteiger charge is -2.22. The zero-order chi connectivity index (χ0) is 16.6. The average Bonchev–Trinajstić information content (AvgIpc) is 2.83. The number of nitrogens with two attached hydrogens (primary N) is 1. The highest BCUT2D eigenvalue weighted by atomic mass is 16.6. The van der Waals surface area contributed by atoms with Crippen LogP contribution in [0.25, 0.3) is 11.0 Å². The number of rotatable bonds is 4. The monoisotopic (exact) mass is 317 g/mol. The first-order valence-corrected chi connectivity index (χ1v) is 7.87. The van der Waals surface area contributed by atoms with Gasteiger partial charge in [-0.2, -0.15) is 0 Å². The van der Waals surface area contributed by atoms with E-state index in [4.69, 9.17) is 10.6 Å². The molecule has 0 saturated carbocycles. The first kappa shape index (κ1) is 15.7. The predicted octanol–water partition coefficient (Wildman–Crippen LogP) is 1.64. The number of nitrogen functional groups attached to an aromatic ring is 1. The molecule has 0 saturated heterocycles. The van der Waals surface area contributed by atoms with Crippen LogP contribution in [0.2, 0.25) is 0 Å². The predicted molar refractivity (Wildman–Crippen MR) is 89.5 cm³/mol. The average molecular weight is 317 g/mol. The Bertz CT molecular complexity index is 758. The van der Waals surface area contributed by atoms with Gasteiger partial charge in [0.05, 0.1) is 17.7 Å². The van der Waals surface area contributed by atoms with E-state index in [0.29, 0.717) is 23.7 Å². The van der Waals surface area contributed by atoms with E-state index < -0.39 is 5.60 Å². The molecule has 0 fully saturated rings. The number of hydrogen-bond acceptors (Lipinski definition) is 6. The second-order valence-electron chi connectivity index (χ2n) is 6.61. The fourth-order valence-electron chi connectivity index (χ4n) is 3.17. The number of fused-ring (bicyclic) bond motifs is 3. The first-order valence-electron chi connectivity index (χ1n) is 7.87. The van der Waals surface area contributed by atoms with E-state index in [0.717, 1.165) is 36.9 Å². The smallest absolute Gasteiger partial charge is 0.155 e. The molecule has 0 unspecified atom stereocenters. The highest BCUT2D eigenvalue weighted by Crippen LogP contribution is 2.32. The number of anilines is 1. The summed E-state index contributed by atoms with van der Waals surface area (Å²) in [6.45, 7) is 3.94. The summed E-state index contributed by atoms with van der Waals surface area (Å²) in [7, 11) is 1.48. The third-order valence-corrected chi connectivity index (χ3v) is 4.04. The number of oxime groups is 1. The highest BCUT2D eigenvalue weighted by molar-refractivity contribution is 5.93. The highest BCUT2D eigenvalue weighted by Gasteiger charge is 2.25. The van der Waals surface area contributed by atoms with Gasteiger partial charge in [-0.3, -0.25) is 0 Å². The Hall–Kier alpha value is -2.15. The van der Waals surface area contributed by atoms with Crippen molar-refractivity contribution >= 4 is 23.1 Å². The molecule has 2 heterocycles. The second-order valence-corrected chi connectivity index (χ2v) is 6.61. The van der Waals surface area contributed by atoms with Crippen molar-refractivity contribution in [3.8, 4) is 0 Å². The van der Waals surface area contributed by atoms with Gasteiger partial charge in [-0.1, -0.05) is 5.16 Å². The summed E-state index contributed by atoms with van der Waals surface area (Å²) in [5.41, 5.74) is 9.12. The Balaban J connectivity index is 2.29. The molecule has 3 rings (SSSR count). The van der Waals surface area contributed by atoms with E-state index in [1.165, 1.54) is 12.7 Å². The van der Waals surface area contributed by atoms with Crippen LogP contribution < -0.4 is 5.73 Å². The standard InChI is InChI=1S/C16H23N5O2/c1-16(2,22)9-21-12(8-18-23-3)20-13-14(21)10-6-4-5-7-11(10)19-15(13)17/h8,22H,4-7,9H2,1-3H3,(H2,17,19)/b18-8+. The van der Waals surface area contributed by atoms with Crippen molar-refractivity contribution in [2.45, 2.75) is 51.7 Å². The van der Waals surface area contributed by atoms with E-state index in [1.54, 1.807) is 20.1 Å². The summed E-state index contributed by atoms with van der Waals surface area (Å²) >= 11 is 0. The number of aromatic nitrogens is 3. The molecule has 3 N–H and O–H groups in total. The van der Waals surface area contributed by atoms with Crippen molar-refractivity contribution in [3.05, 3.63) is 17.1 Å². The fourth-order valence-corrected chi connectivity index (χ4v) is 3.17. The molecule has 0 amide bonds. The van der Waals surface area contributed by atoms with Gasteiger partial charge < -0.3 is 20.2 Å². The number of imidazole rings is 1. The van der Waals surface area contributed by atoms with Crippen LogP contribution in [0.4, 0.5) is 5.82 Å². The molecule has 124 valence electrons. The fraction of sp³-hybridized carbons (Fsp3) is 0.562. The van der Waals surface area contributed by atoms with Gasteiger partial charge in [0, 0.05) is 5.69 Å². The second kappa shape index (κ2) is 5.81. The van der Waals surface area contributed by atoms with Gasteiger partial charge in [-0.05, 0) is 45.1 Å². The molecule has 7 heteroatoms. The molecule has 0 radical (unpaired) electrons. The normalized spacial score (nSPS) is 15.3. The lowest BCUT2D eigenvalue weighted by Crippen LogP contribution is -2.27. The Morgan fingerprint density at radius 1 is 1.35 bits per heavy atom. The lowest BCUT2D eigenvalue weighted by molar-refractivity contribution is 0.0624. The summed E-state index contributed by atoms with van der Waals surface area (Å²) in [6.07, 6.45) is 5.69. The van der Waals surface area contributed by atoms with E-state index in [2.05, 4.69) is 15.1 Å². The SMILES string of the molecule is CO/N=C/c1nc2c(N)nc3c(c2n1CC(C)(C)O)CCCC3. The van der Waals surface area contributed by atoms with Crippen molar-refractivity contribution in [1.29, 1.82) is 0 Å². The largest absolute Gasteiger partial charge is 0.399 e. The van der Waals surface area contributed by atoms with Crippen molar-refractivity contribution < 1.29 is 9.94 Å². The molecule has 0 atom stereocenters. The molecular weight excluding hydrogens is 294 g/mol. The van der Waals surface area contributed by atoms with Gasteiger partial charge in [0.25, 0.3) is 0 Å². The molecule has 0 bridgehead atoms. The van der Waals surface area contributed by atoms with Crippen LogP contribution >= 0.6 is 0 Å². The van der Waals surface area contributed by atoms with Crippen molar-refractivity contribution in [2.24, 2.45) is 5.16 Å². The minimum Gasteiger partial charge on any atom is -0.399 e. The minimum atomic E-state index is -0.886. The van der Waals surface area contributed by atoms with Gasteiger partial charge in [-0.25, -0.2) is 9.97 Å². The van der Waals surface area contributed by atoms with Gasteiger partial charge in [-0.15, -0.1) is 0 Å². The maximum Gasteiger partial charge on any atom is 0.155 e. The van der Waals surface area contributed by atoms with Crippen molar-refractivity contribution in [2.75, 3.05) is 12.8 Å². The number of nitrogens with zero attached hydrogens (tertiary/aromatic N) is 4. The number of hydrogen-bond donors (Lipinski definition) is 2. The third kappa shape index (κ3) is 3.01. The Labute approximate surface area is 135 Å². The van der Waals surface area contributed by atoms with E-state index >= 15 is 0 Å². The van der Waals surface area contributed by atoms with E-state index in [1.807, 2.05) is 4.57 Å². The molecule has 0 spiro atoms. The van der Waals surface area contributed by atoms with Crippen molar-refractivity contribution in [1.82, 2.24) is 14.5 Å². The maximum absolute atomic E-state index is 10.3. The Morgan fingerprint density at radius 3 is 2.78 bits per heavy atom.